The molecule has 0 amide bonds. The zero-order chi connectivity index (χ0) is 19.1. The number of rotatable bonds is 7. The van der Waals surface area contributed by atoms with E-state index in [-0.39, 0.29) is 18.6 Å². The topological polar surface area (TPSA) is 48.0 Å². The molecule has 1 saturated heterocycles. The number of likely N-dealkylation sites (tertiary alicyclic amines) is 1. The van der Waals surface area contributed by atoms with Crippen molar-refractivity contribution in [1.82, 2.24) is 4.90 Å². The lowest BCUT2D eigenvalue weighted by atomic mass is 10.0. The van der Waals surface area contributed by atoms with Crippen molar-refractivity contribution in [1.29, 1.82) is 0 Å². The maximum atomic E-state index is 12.7. The normalized spacial score (nSPS) is 17.3. The number of hydrogen-bond acceptors (Lipinski definition) is 5. The van der Waals surface area contributed by atoms with Crippen LogP contribution in [0.15, 0.2) is 48.5 Å². The molecule has 0 bridgehead atoms. The van der Waals surface area contributed by atoms with Crippen molar-refractivity contribution in [2.45, 2.75) is 38.5 Å². The summed E-state index contributed by atoms with van der Waals surface area (Å²) in [6, 6.07) is 15.4. The van der Waals surface area contributed by atoms with Gasteiger partial charge in [-0.05, 0) is 54.8 Å². The molecule has 0 aliphatic carbocycles. The van der Waals surface area contributed by atoms with Crippen LogP contribution in [0, 0.1) is 0 Å². The Balaban J connectivity index is 1.58. The van der Waals surface area contributed by atoms with E-state index in [1.54, 1.807) is 14.2 Å². The number of hydrogen-bond donors (Lipinski definition) is 0. The fraction of sp³-hybridized carbons (Fsp3) is 0.409. The van der Waals surface area contributed by atoms with Gasteiger partial charge in [0, 0.05) is 6.54 Å². The molecule has 27 heavy (non-hydrogen) atoms. The van der Waals surface area contributed by atoms with Crippen LogP contribution in [0.1, 0.15) is 30.4 Å². The number of carbonyl (C=O) groups excluding carboxylic acids is 1. The second-order valence-electron chi connectivity index (χ2n) is 6.79. The summed E-state index contributed by atoms with van der Waals surface area (Å²) in [7, 11) is 3.30. The molecular weight excluding hydrogens is 342 g/mol. The van der Waals surface area contributed by atoms with E-state index in [2.05, 4.69) is 4.90 Å². The van der Waals surface area contributed by atoms with Crippen LogP contribution >= 0.6 is 0 Å². The van der Waals surface area contributed by atoms with Crippen LogP contribution in [0.4, 0.5) is 0 Å². The molecule has 0 unspecified atom stereocenters. The van der Waals surface area contributed by atoms with E-state index in [1.807, 2.05) is 48.5 Å². The van der Waals surface area contributed by atoms with Crippen molar-refractivity contribution in [3.05, 3.63) is 59.7 Å². The summed E-state index contributed by atoms with van der Waals surface area (Å²) in [6.45, 7) is 1.94. The number of benzene rings is 2. The highest BCUT2D eigenvalue weighted by molar-refractivity contribution is 5.76. The first-order chi connectivity index (χ1) is 13.2. The van der Waals surface area contributed by atoms with Crippen molar-refractivity contribution in [3.63, 3.8) is 0 Å². The third-order valence-electron chi connectivity index (χ3n) is 4.97. The molecule has 1 aliphatic rings. The Labute approximate surface area is 160 Å². The summed E-state index contributed by atoms with van der Waals surface area (Å²) < 4.78 is 16.0. The van der Waals surface area contributed by atoms with Gasteiger partial charge < -0.3 is 14.2 Å². The number of methoxy groups -OCH3 is 2. The molecule has 1 aliphatic heterocycles. The monoisotopic (exact) mass is 369 g/mol. The fourth-order valence-corrected chi connectivity index (χ4v) is 3.39. The highest BCUT2D eigenvalue weighted by Gasteiger charge is 2.30. The zero-order valence-corrected chi connectivity index (χ0v) is 16.0. The molecular formula is C22H27NO4. The van der Waals surface area contributed by atoms with Gasteiger partial charge in [0.25, 0.3) is 0 Å². The molecule has 0 spiro atoms. The lowest BCUT2D eigenvalue weighted by Crippen LogP contribution is -2.44. The lowest BCUT2D eigenvalue weighted by Gasteiger charge is -2.34. The van der Waals surface area contributed by atoms with Gasteiger partial charge in [-0.15, -0.1) is 0 Å². The van der Waals surface area contributed by atoms with Crippen LogP contribution in [0.5, 0.6) is 11.5 Å². The summed E-state index contributed by atoms with van der Waals surface area (Å²) >= 11 is 0. The Morgan fingerprint density at radius 3 is 2.11 bits per heavy atom. The average Bonchev–Trinajstić information content (AvgIpc) is 2.73. The molecule has 5 nitrogen and oxygen atoms in total. The molecule has 0 N–H and O–H groups in total. The van der Waals surface area contributed by atoms with Crippen LogP contribution in [-0.4, -0.2) is 37.7 Å². The van der Waals surface area contributed by atoms with Gasteiger partial charge in [-0.3, -0.25) is 9.69 Å². The fourth-order valence-electron chi connectivity index (χ4n) is 3.39. The van der Waals surface area contributed by atoms with Crippen molar-refractivity contribution in [3.8, 4) is 11.5 Å². The van der Waals surface area contributed by atoms with Crippen LogP contribution in [0.2, 0.25) is 0 Å². The number of ether oxygens (including phenoxy) is 3. The van der Waals surface area contributed by atoms with Crippen molar-refractivity contribution < 1.29 is 19.0 Å². The van der Waals surface area contributed by atoms with E-state index in [0.717, 1.165) is 49.4 Å². The second kappa shape index (κ2) is 9.42. The molecule has 0 radical (unpaired) electrons. The summed E-state index contributed by atoms with van der Waals surface area (Å²) in [5.41, 5.74) is 2.13. The largest absolute Gasteiger partial charge is 0.497 e. The number of nitrogens with zero attached hydrogens (tertiary/aromatic N) is 1. The third kappa shape index (κ3) is 5.23. The van der Waals surface area contributed by atoms with Gasteiger partial charge in [0.2, 0.25) is 0 Å². The third-order valence-corrected chi connectivity index (χ3v) is 4.97. The molecule has 0 saturated carbocycles. The van der Waals surface area contributed by atoms with Gasteiger partial charge in [-0.25, -0.2) is 0 Å². The predicted molar refractivity (Wildman–Crippen MR) is 104 cm³/mol. The van der Waals surface area contributed by atoms with Crippen molar-refractivity contribution >= 4 is 5.97 Å². The van der Waals surface area contributed by atoms with E-state index in [1.165, 1.54) is 5.56 Å². The standard InChI is InChI=1S/C22H27NO4/c1-25-19-10-6-17(7-11-19)15-23-14-4-3-5-21(23)22(24)27-16-18-8-12-20(26-2)13-9-18/h6-13,21H,3-5,14-16H2,1-2H3/t21-/m1/s1. The SMILES string of the molecule is COc1ccc(COC(=O)[C@H]2CCCCN2Cc2ccc(OC)cc2)cc1. The van der Waals surface area contributed by atoms with E-state index < -0.39 is 0 Å². The molecule has 5 heteroatoms. The van der Waals surface area contributed by atoms with E-state index in [0.29, 0.717) is 0 Å². The van der Waals surface area contributed by atoms with E-state index >= 15 is 0 Å². The summed E-state index contributed by atoms with van der Waals surface area (Å²) in [5.74, 6) is 1.50. The molecule has 1 heterocycles. The Morgan fingerprint density at radius 1 is 0.926 bits per heavy atom. The minimum atomic E-state index is -0.181. The quantitative estimate of drug-likeness (QED) is 0.695. The zero-order valence-electron chi connectivity index (χ0n) is 16.0. The van der Waals surface area contributed by atoms with Crippen molar-refractivity contribution in [2.75, 3.05) is 20.8 Å². The number of esters is 1. The van der Waals surface area contributed by atoms with Crippen LogP contribution in [0.25, 0.3) is 0 Å². The van der Waals surface area contributed by atoms with Crippen LogP contribution in [-0.2, 0) is 22.7 Å². The molecule has 2 aromatic carbocycles. The number of carbonyl (C=O) groups is 1. The smallest absolute Gasteiger partial charge is 0.323 e. The Kier molecular flexibility index (Phi) is 6.71. The average molecular weight is 369 g/mol. The molecule has 3 rings (SSSR count). The van der Waals surface area contributed by atoms with E-state index in [9.17, 15) is 4.79 Å². The first kappa shape index (κ1) is 19.2. The maximum Gasteiger partial charge on any atom is 0.323 e. The maximum absolute atomic E-state index is 12.7. The van der Waals surface area contributed by atoms with Gasteiger partial charge in [0.15, 0.2) is 0 Å². The molecule has 1 atom stereocenters. The van der Waals surface area contributed by atoms with Gasteiger partial charge in [0.05, 0.1) is 14.2 Å². The van der Waals surface area contributed by atoms with Gasteiger partial charge >= 0.3 is 5.97 Å². The minimum absolute atomic E-state index is 0.140. The van der Waals surface area contributed by atoms with E-state index in [4.69, 9.17) is 14.2 Å². The van der Waals surface area contributed by atoms with Gasteiger partial charge in [0.1, 0.15) is 24.1 Å². The second-order valence-corrected chi connectivity index (χ2v) is 6.79. The molecule has 144 valence electrons. The first-order valence-electron chi connectivity index (χ1n) is 9.36. The highest BCUT2D eigenvalue weighted by Crippen LogP contribution is 2.22. The first-order valence-corrected chi connectivity index (χ1v) is 9.36. The predicted octanol–water partition coefficient (Wildman–Crippen LogP) is 3.80. The summed E-state index contributed by atoms with van der Waals surface area (Å²) in [4.78, 5) is 14.9. The summed E-state index contributed by atoms with van der Waals surface area (Å²) in [5, 5.41) is 0. The number of piperidine rings is 1. The molecule has 2 aromatic rings. The van der Waals surface area contributed by atoms with Crippen LogP contribution in [0.3, 0.4) is 0 Å². The highest BCUT2D eigenvalue weighted by atomic mass is 16.5. The van der Waals surface area contributed by atoms with Crippen molar-refractivity contribution in [2.24, 2.45) is 0 Å². The summed E-state index contributed by atoms with van der Waals surface area (Å²) in [6.07, 6.45) is 3.01. The lowest BCUT2D eigenvalue weighted by molar-refractivity contribution is -0.153. The minimum Gasteiger partial charge on any atom is -0.497 e. The Hall–Kier alpha value is -2.53. The Bertz CT molecular complexity index is 727. The Morgan fingerprint density at radius 2 is 1.52 bits per heavy atom. The molecule has 1 fully saturated rings. The van der Waals surface area contributed by atoms with Gasteiger partial charge in [-0.1, -0.05) is 30.7 Å². The molecule has 0 aromatic heterocycles. The van der Waals surface area contributed by atoms with Crippen LogP contribution < -0.4 is 9.47 Å². The van der Waals surface area contributed by atoms with Gasteiger partial charge in [-0.2, -0.15) is 0 Å².